The Bertz CT molecular complexity index is 1060. The second kappa shape index (κ2) is 12.2. The predicted octanol–water partition coefficient (Wildman–Crippen LogP) is 4.49. The first-order valence-electron chi connectivity index (χ1n) is 11.2. The maximum Gasteiger partial charge on any atom is 0.423 e. The van der Waals surface area contributed by atoms with Crippen LogP contribution in [-0.2, 0) is 8.92 Å². The lowest BCUT2D eigenvalue weighted by atomic mass is 10.1. The molecule has 0 radical (unpaired) electrons. The summed E-state index contributed by atoms with van der Waals surface area (Å²) in [5.41, 5.74) is 4.42. The van der Waals surface area contributed by atoms with Crippen molar-refractivity contribution in [3.05, 3.63) is 60.8 Å². The van der Waals surface area contributed by atoms with E-state index in [1.165, 1.54) is 5.69 Å². The van der Waals surface area contributed by atoms with Crippen LogP contribution in [0.25, 0.3) is 11.3 Å². The zero-order valence-corrected chi connectivity index (χ0v) is 19.8. The van der Waals surface area contributed by atoms with Gasteiger partial charge in [0.1, 0.15) is 0 Å². The highest BCUT2D eigenvalue weighted by Crippen LogP contribution is 2.23. The molecule has 2 aromatic carbocycles. The standard InChI is InChI=1S/C24H28N6O3S/c1-2-25-17-34-33-24(31)28-20-5-3-18(4-6-20)22-11-12-26-23(29-22)27-19-7-9-21(10-8-19)30-13-15-32-16-14-30/h3-12,25H,2,13-17H2,1H3,(H,28,31)(H,26,27,29). The number of ether oxygens (including phenoxy) is 1. The maximum atomic E-state index is 11.8. The first-order chi connectivity index (χ1) is 16.7. The van der Waals surface area contributed by atoms with E-state index < -0.39 is 6.09 Å². The van der Waals surface area contributed by atoms with Gasteiger partial charge < -0.3 is 24.5 Å². The second-order valence-corrected chi connectivity index (χ2v) is 8.17. The number of nitrogens with zero attached hydrogens (tertiary/aromatic N) is 3. The SMILES string of the molecule is CCNCSOC(=O)Nc1ccc(-c2ccnc(Nc3ccc(N4CCOCC4)cc3)n2)cc1. The summed E-state index contributed by atoms with van der Waals surface area (Å²) >= 11 is 1.06. The highest BCUT2D eigenvalue weighted by molar-refractivity contribution is 7.95. The molecule has 0 atom stereocenters. The Morgan fingerprint density at radius 2 is 1.79 bits per heavy atom. The average Bonchev–Trinajstić information content (AvgIpc) is 2.88. The Balaban J connectivity index is 1.34. The number of anilines is 4. The molecule has 2 heterocycles. The van der Waals surface area contributed by atoms with Crippen LogP contribution >= 0.6 is 12.0 Å². The smallest absolute Gasteiger partial charge is 0.378 e. The number of aromatic nitrogens is 2. The third-order valence-electron chi connectivity index (χ3n) is 5.13. The highest BCUT2D eigenvalue weighted by Gasteiger charge is 2.11. The topological polar surface area (TPSA) is 101 Å². The first-order valence-corrected chi connectivity index (χ1v) is 12.1. The Morgan fingerprint density at radius 3 is 2.53 bits per heavy atom. The van der Waals surface area contributed by atoms with Gasteiger partial charge in [0, 0.05) is 41.9 Å². The van der Waals surface area contributed by atoms with E-state index in [0.717, 1.165) is 61.8 Å². The van der Waals surface area contributed by atoms with Gasteiger partial charge in [0.2, 0.25) is 5.95 Å². The zero-order chi connectivity index (χ0) is 23.6. The molecule has 1 aliphatic rings. The molecule has 9 nitrogen and oxygen atoms in total. The van der Waals surface area contributed by atoms with Crippen molar-refractivity contribution in [2.75, 3.05) is 54.3 Å². The van der Waals surface area contributed by atoms with E-state index in [-0.39, 0.29) is 0 Å². The summed E-state index contributed by atoms with van der Waals surface area (Å²) in [4.78, 5) is 23.1. The molecular weight excluding hydrogens is 452 g/mol. The van der Waals surface area contributed by atoms with Crippen LogP contribution in [0.15, 0.2) is 60.8 Å². The van der Waals surface area contributed by atoms with Crippen molar-refractivity contribution in [2.45, 2.75) is 6.92 Å². The molecule has 1 aliphatic heterocycles. The van der Waals surface area contributed by atoms with Gasteiger partial charge in [-0.15, -0.1) is 0 Å². The van der Waals surface area contributed by atoms with Gasteiger partial charge in [-0.25, -0.2) is 14.8 Å². The third-order valence-corrected chi connectivity index (χ3v) is 5.72. The number of benzene rings is 2. The number of amides is 1. The Morgan fingerprint density at radius 1 is 1.06 bits per heavy atom. The summed E-state index contributed by atoms with van der Waals surface area (Å²) in [6.07, 6.45) is 1.21. The van der Waals surface area contributed by atoms with Gasteiger partial charge in [0.25, 0.3) is 0 Å². The van der Waals surface area contributed by atoms with Gasteiger partial charge >= 0.3 is 6.09 Å². The van der Waals surface area contributed by atoms with Gasteiger partial charge in [-0.2, -0.15) is 0 Å². The lowest BCUT2D eigenvalue weighted by Gasteiger charge is -2.28. The normalized spacial score (nSPS) is 13.4. The molecule has 1 aromatic heterocycles. The van der Waals surface area contributed by atoms with Crippen LogP contribution < -0.4 is 20.9 Å². The van der Waals surface area contributed by atoms with Gasteiger partial charge in [-0.1, -0.05) is 19.1 Å². The summed E-state index contributed by atoms with van der Waals surface area (Å²) in [6, 6.07) is 17.5. The summed E-state index contributed by atoms with van der Waals surface area (Å²) < 4.78 is 10.5. The fourth-order valence-electron chi connectivity index (χ4n) is 3.38. The van der Waals surface area contributed by atoms with Gasteiger partial charge in [0.15, 0.2) is 0 Å². The molecule has 178 valence electrons. The van der Waals surface area contributed by atoms with Crippen LogP contribution in [0.2, 0.25) is 0 Å². The Labute approximate surface area is 203 Å². The van der Waals surface area contributed by atoms with E-state index in [0.29, 0.717) is 17.5 Å². The number of morpholine rings is 1. The summed E-state index contributed by atoms with van der Waals surface area (Å²) in [5, 5.41) is 9.03. The fourth-order valence-corrected chi connectivity index (χ4v) is 3.87. The summed E-state index contributed by atoms with van der Waals surface area (Å²) in [5.74, 6) is 1.06. The van der Waals surface area contributed by atoms with Crippen molar-refractivity contribution >= 4 is 41.1 Å². The molecule has 0 aliphatic carbocycles. The van der Waals surface area contributed by atoms with Crippen LogP contribution in [0.4, 0.5) is 27.8 Å². The van der Waals surface area contributed by atoms with E-state index >= 15 is 0 Å². The van der Waals surface area contributed by atoms with E-state index in [4.69, 9.17) is 8.92 Å². The van der Waals surface area contributed by atoms with Crippen LogP contribution in [0, 0.1) is 0 Å². The predicted molar refractivity (Wildman–Crippen MR) is 136 cm³/mol. The zero-order valence-electron chi connectivity index (χ0n) is 19.0. The quantitative estimate of drug-likeness (QED) is 0.232. The minimum atomic E-state index is -0.510. The van der Waals surface area contributed by atoms with E-state index in [2.05, 4.69) is 43.0 Å². The molecule has 3 N–H and O–H groups in total. The minimum Gasteiger partial charge on any atom is -0.378 e. The van der Waals surface area contributed by atoms with Crippen molar-refractivity contribution in [2.24, 2.45) is 0 Å². The number of hydrogen-bond acceptors (Lipinski definition) is 9. The molecule has 34 heavy (non-hydrogen) atoms. The molecule has 10 heteroatoms. The number of hydrogen-bond donors (Lipinski definition) is 3. The Kier molecular flexibility index (Phi) is 8.55. The molecule has 1 fully saturated rings. The first kappa shape index (κ1) is 23.8. The van der Waals surface area contributed by atoms with Gasteiger partial charge in [0.05, 0.1) is 36.8 Å². The van der Waals surface area contributed by atoms with Crippen molar-refractivity contribution in [3.8, 4) is 11.3 Å². The number of nitrogens with one attached hydrogen (secondary N) is 3. The molecule has 0 unspecified atom stereocenters. The Hall–Kier alpha value is -3.34. The molecule has 1 amide bonds. The second-order valence-electron chi connectivity index (χ2n) is 7.48. The lowest BCUT2D eigenvalue weighted by molar-refractivity contribution is 0.122. The summed E-state index contributed by atoms with van der Waals surface area (Å²) in [7, 11) is 0. The van der Waals surface area contributed by atoms with E-state index in [1.807, 2.05) is 49.4 Å². The van der Waals surface area contributed by atoms with Crippen molar-refractivity contribution in [1.29, 1.82) is 0 Å². The summed E-state index contributed by atoms with van der Waals surface area (Å²) in [6.45, 7) is 6.14. The third kappa shape index (κ3) is 6.83. The van der Waals surface area contributed by atoms with Crippen LogP contribution in [0.5, 0.6) is 0 Å². The molecular formula is C24H28N6O3S. The van der Waals surface area contributed by atoms with Crippen LogP contribution in [0.1, 0.15) is 6.92 Å². The minimum absolute atomic E-state index is 0.510. The van der Waals surface area contributed by atoms with E-state index in [1.54, 1.807) is 6.20 Å². The monoisotopic (exact) mass is 480 g/mol. The lowest BCUT2D eigenvalue weighted by Crippen LogP contribution is -2.36. The number of carbonyl (C=O) groups excluding carboxylic acids is 1. The largest absolute Gasteiger partial charge is 0.423 e. The highest BCUT2D eigenvalue weighted by atomic mass is 32.2. The molecule has 3 aromatic rings. The maximum absolute atomic E-state index is 11.8. The van der Waals surface area contributed by atoms with E-state index in [9.17, 15) is 4.79 Å². The van der Waals surface area contributed by atoms with Gasteiger partial charge in [-0.05, 0) is 49.0 Å². The molecule has 4 rings (SSSR count). The van der Waals surface area contributed by atoms with Crippen LogP contribution in [-0.4, -0.2) is 54.8 Å². The number of rotatable bonds is 9. The molecule has 0 bridgehead atoms. The average molecular weight is 481 g/mol. The fraction of sp³-hybridized carbons (Fsp3) is 0.292. The van der Waals surface area contributed by atoms with Crippen molar-refractivity contribution in [3.63, 3.8) is 0 Å². The van der Waals surface area contributed by atoms with Gasteiger partial charge in [-0.3, -0.25) is 5.32 Å². The van der Waals surface area contributed by atoms with Crippen molar-refractivity contribution in [1.82, 2.24) is 15.3 Å². The van der Waals surface area contributed by atoms with Crippen molar-refractivity contribution < 1.29 is 13.7 Å². The molecule has 1 saturated heterocycles. The molecule has 0 saturated carbocycles. The molecule has 0 spiro atoms. The van der Waals surface area contributed by atoms with Crippen LogP contribution in [0.3, 0.4) is 0 Å². The number of carbonyl (C=O) groups is 1.